The van der Waals surface area contributed by atoms with Gasteiger partial charge in [-0.3, -0.25) is 19.6 Å². The molecule has 0 aromatic carbocycles. The normalized spacial score (nSPS) is 9.86. The third-order valence-electron chi connectivity index (χ3n) is 1.60. The van der Waals surface area contributed by atoms with Crippen molar-refractivity contribution in [2.45, 2.75) is 13.0 Å². The average molecular weight is 308 g/mol. The molecule has 14 heavy (non-hydrogen) atoms. The molecule has 6 nitrogen and oxygen atoms in total. The van der Waals surface area contributed by atoms with E-state index >= 15 is 0 Å². The van der Waals surface area contributed by atoms with Crippen molar-refractivity contribution in [2.24, 2.45) is 5.84 Å². The highest BCUT2D eigenvalue weighted by Gasteiger charge is 2.03. The van der Waals surface area contributed by atoms with Gasteiger partial charge < -0.3 is 0 Å². The summed E-state index contributed by atoms with van der Waals surface area (Å²) in [5, 5.41) is 0. The molecule has 0 bridgehead atoms. The van der Waals surface area contributed by atoms with Crippen molar-refractivity contribution in [1.29, 1.82) is 0 Å². The molecule has 0 radical (unpaired) electrons. The Labute approximate surface area is 93.6 Å². The van der Waals surface area contributed by atoms with Crippen LogP contribution in [0.25, 0.3) is 0 Å². The fourth-order valence-electron chi connectivity index (χ4n) is 0.878. The fraction of sp³-hybridized carbons (Fsp3) is 0.286. The van der Waals surface area contributed by atoms with Gasteiger partial charge in [-0.15, -0.1) is 0 Å². The van der Waals surface area contributed by atoms with E-state index in [1.54, 1.807) is 0 Å². The number of nitrogens with zero attached hydrogens (tertiary/aromatic N) is 2. The number of carbonyl (C=O) groups is 1. The molecule has 0 aliphatic heterocycles. The van der Waals surface area contributed by atoms with Crippen LogP contribution in [0.2, 0.25) is 0 Å². The summed E-state index contributed by atoms with van der Waals surface area (Å²) in [6, 6.07) is 0. The Kier molecular flexibility index (Phi) is 4.01. The Morgan fingerprint density at radius 2 is 2.43 bits per heavy atom. The number of carbonyl (C=O) groups excluding carboxylic acids is 1. The van der Waals surface area contributed by atoms with Crippen LogP contribution in [0.3, 0.4) is 0 Å². The number of halogens is 1. The number of aromatic nitrogens is 2. The van der Waals surface area contributed by atoms with E-state index in [1.165, 1.54) is 17.1 Å². The molecule has 1 rings (SSSR count). The van der Waals surface area contributed by atoms with E-state index in [0.717, 1.165) is 0 Å². The average Bonchev–Trinajstić information content (AvgIpc) is 2.20. The van der Waals surface area contributed by atoms with Gasteiger partial charge in [-0.05, 0) is 22.6 Å². The summed E-state index contributed by atoms with van der Waals surface area (Å²) < 4.78 is 1.90. The monoisotopic (exact) mass is 308 g/mol. The van der Waals surface area contributed by atoms with Gasteiger partial charge >= 0.3 is 0 Å². The predicted molar refractivity (Wildman–Crippen MR) is 58.2 cm³/mol. The first-order valence-corrected chi connectivity index (χ1v) is 4.92. The lowest BCUT2D eigenvalue weighted by Gasteiger charge is -2.03. The van der Waals surface area contributed by atoms with Crippen molar-refractivity contribution in [2.75, 3.05) is 0 Å². The summed E-state index contributed by atoms with van der Waals surface area (Å²) in [7, 11) is 0. The van der Waals surface area contributed by atoms with Gasteiger partial charge in [0, 0.05) is 19.2 Å². The number of rotatable bonds is 3. The molecule has 0 saturated heterocycles. The second-order valence-corrected chi connectivity index (χ2v) is 3.72. The highest BCUT2D eigenvalue weighted by molar-refractivity contribution is 14.1. The van der Waals surface area contributed by atoms with Crippen LogP contribution in [-0.4, -0.2) is 15.5 Å². The first-order valence-electron chi connectivity index (χ1n) is 3.84. The Morgan fingerprint density at radius 1 is 1.71 bits per heavy atom. The molecule has 1 aromatic rings. The SMILES string of the molecule is NNC(=O)CCn1cncc(I)c1=O. The zero-order valence-corrected chi connectivity index (χ0v) is 9.39. The minimum atomic E-state index is -0.309. The van der Waals surface area contributed by atoms with Gasteiger partial charge in [0.2, 0.25) is 5.91 Å². The molecule has 0 saturated carbocycles. The van der Waals surface area contributed by atoms with Crippen molar-refractivity contribution in [3.05, 3.63) is 26.4 Å². The summed E-state index contributed by atoms with van der Waals surface area (Å²) >= 11 is 1.90. The largest absolute Gasteiger partial charge is 0.298 e. The van der Waals surface area contributed by atoms with Gasteiger partial charge in [0.15, 0.2) is 0 Å². The summed E-state index contributed by atoms with van der Waals surface area (Å²) in [6.45, 7) is 0.283. The number of amides is 1. The van der Waals surface area contributed by atoms with E-state index in [2.05, 4.69) is 4.98 Å². The molecule has 3 N–H and O–H groups in total. The van der Waals surface area contributed by atoms with Gasteiger partial charge in [-0.25, -0.2) is 10.8 Å². The van der Waals surface area contributed by atoms with Gasteiger partial charge in [-0.1, -0.05) is 0 Å². The van der Waals surface area contributed by atoms with E-state index in [1.807, 2.05) is 28.0 Å². The number of nitrogens with one attached hydrogen (secondary N) is 1. The predicted octanol–water partition coefficient (Wildman–Crippen LogP) is -0.772. The molecule has 0 aliphatic rings. The number of aryl methyl sites for hydroxylation is 1. The quantitative estimate of drug-likeness (QED) is 0.332. The zero-order chi connectivity index (χ0) is 10.6. The van der Waals surface area contributed by atoms with Gasteiger partial charge in [-0.2, -0.15) is 0 Å². The summed E-state index contributed by atoms with van der Waals surface area (Å²) in [4.78, 5) is 26.1. The lowest BCUT2D eigenvalue weighted by molar-refractivity contribution is -0.121. The van der Waals surface area contributed by atoms with Crippen molar-refractivity contribution < 1.29 is 4.79 Å². The minimum Gasteiger partial charge on any atom is -0.298 e. The van der Waals surface area contributed by atoms with Crippen molar-refractivity contribution in [3.8, 4) is 0 Å². The second-order valence-electron chi connectivity index (χ2n) is 2.56. The second kappa shape index (κ2) is 5.05. The molecular formula is C7H9IN4O2. The molecule has 0 unspecified atom stereocenters. The van der Waals surface area contributed by atoms with Gasteiger partial charge in [0.05, 0.1) is 9.90 Å². The molecule has 0 aliphatic carbocycles. The maximum absolute atomic E-state index is 11.4. The topological polar surface area (TPSA) is 90.0 Å². The third kappa shape index (κ3) is 2.77. The van der Waals surface area contributed by atoms with Crippen LogP contribution in [0.1, 0.15) is 6.42 Å². The third-order valence-corrected chi connectivity index (χ3v) is 2.34. The van der Waals surface area contributed by atoms with Crippen LogP contribution in [0.4, 0.5) is 0 Å². The maximum atomic E-state index is 11.4. The minimum absolute atomic E-state index is 0.148. The highest BCUT2D eigenvalue weighted by Crippen LogP contribution is 1.93. The Balaban J connectivity index is 2.73. The molecular weight excluding hydrogens is 299 g/mol. The number of hydrazine groups is 1. The van der Waals surface area contributed by atoms with Crippen molar-refractivity contribution in [1.82, 2.24) is 15.0 Å². The molecule has 1 heterocycles. The first-order chi connectivity index (χ1) is 6.65. The van der Waals surface area contributed by atoms with Crippen LogP contribution in [-0.2, 0) is 11.3 Å². The molecule has 0 spiro atoms. The van der Waals surface area contributed by atoms with Crippen molar-refractivity contribution >= 4 is 28.5 Å². The van der Waals surface area contributed by atoms with Gasteiger partial charge in [0.1, 0.15) is 0 Å². The first kappa shape index (κ1) is 11.1. The highest BCUT2D eigenvalue weighted by atomic mass is 127. The maximum Gasteiger partial charge on any atom is 0.266 e. The van der Waals surface area contributed by atoms with Crippen LogP contribution in [0.5, 0.6) is 0 Å². The number of nitrogens with two attached hydrogens (primary N) is 1. The van der Waals surface area contributed by atoms with E-state index in [9.17, 15) is 9.59 Å². The Morgan fingerprint density at radius 3 is 3.07 bits per heavy atom. The van der Waals surface area contributed by atoms with Crippen LogP contribution in [0.15, 0.2) is 17.3 Å². The Bertz CT molecular complexity index is 390. The van der Waals surface area contributed by atoms with E-state index in [0.29, 0.717) is 3.57 Å². The zero-order valence-electron chi connectivity index (χ0n) is 7.24. The molecule has 0 atom stereocenters. The standard InChI is InChI=1S/C7H9IN4O2/c8-5-3-10-4-12(7(5)14)2-1-6(13)11-9/h3-4H,1-2,9H2,(H,11,13). The molecule has 76 valence electrons. The molecule has 0 fully saturated rings. The molecule has 1 amide bonds. The van der Waals surface area contributed by atoms with Crippen LogP contribution in [0, 0.1) is 3.57 Å². The van der Waals surface area contributed by atoms with E-state index < -0.39 is 0 Å². The van der Waals surface area contributed by atoms with Crippen LogP contribution < -0.4 is 16.8 Å². The summed E-state index contributed by atoms with van der Waals surface area (Å²) in [6.07, 6.45) is 3.04. The Hall–Kier alpha value is -0.960. The van der Waals surface area contributed by atoms with E-state index in [-0.39, 0.29) is 24.4 Å². The number of hydrogen-bond donors (Lipinski definition) is 2. The summed E-state index contributed by atoms with van der Waals surface area (Å²) in [5.74, 6) is 4.59. The number of hydrogen-bond acceptors (Lipinski definition) is 4. The summed E-state index contributed by atoms with van der Waals surface area (Å²) in [5.41, 5.74) is 1.84. The lowest BCUT2D eigenvalue weighted by atomic mass is 10.4. The smallest absolute Gasteiger partial charge is 0.266 e. The fourth-order valence-corrected chi connectivity index (χ4v) is 1.35. The lowest BCUT2D eigenvalue weighted by Crippen LogP contribution is -2.32. The van der Waals surface area contributed by atoms with Crippen molar-refractivity contribution in [3.63, 3.8) is 0 Å². The molecule has 7 heteroatoms. The van der Waals surface area contributed by atoms with E-state index in [4.69, 9.17) is 5.84 Å². The molecule has 1 aromatic heterocycles. The van der Waals surface area contributed by atoms with Gasteiger partial charge in [0.25, 0.3) is 5.56 Å². The van der Waals surface area contributed by atoms with Crippen LogP contribution >= 0.6 is 22.6 Å².